The highest BCUT2D eigenvalue weighted by atomic mass is 32.1. The zero-order valence-corrected chi connectivity index (χ0v) is 10.1. The topological polar surface area (TPSA) is 49.3 Å². The van der Waals surface area contributed by atoms with Crippen LogP contribution >= 0.6 is 12.2 Å². The molecule has 0 atom stereocenters. The second-order valence-electron chi connectivity index (χ2n) is 3.23. The van der Waals surface area contributed by atoms with Crippen LogP contribution in [0.3, 0.4) is 0 Å². The van der Waals surface area contributed by atoms with Crippen LogP contribution in [0.4, 0.5) is 0 Å². The fourth-order valence-electron chi connectivity index (χ4n) is 1.03. The molecule has 0 saturated heterocycles. The summed E-state index contributed by atoms with van der Waals surface area (Å²) < 4.78 is 0. The van der Waals surface area contributed by atoms with Crippen LogP contribution in [0.5, 0.6) is 0 Å². The Balaban J connectivity index is 2.24. The quantitative estimate of drug-likeness (QED) is 0.353. The average Bonchev–Trinajstić information content (AvgIpc) is 2.31. The number of nitrogens with zero attached hydrogens (tertiary/aromatic N) is 2. The summed E-state index contributed by atoms with van der Waals surface area (Å²) in [6.07, 6.45) is 5.60. The Bertz CT molecular complexity index is 337. The second-order valence-corrected chi connectivity index (χ2v) is 3.64. The molecule has 16 heavy (non-hydrogen) atoms. The van der Waals surface area contributed by atoms with Gasteiger partial charge in [0.1, 0.15) is 0 Å². The minimum Gasteiger partial charge on any atom is -0.361 e. The summed E-state index contributed by atoms with van der Waals surface area (Å²) in [5.41, 5.74) is 3.54. The Labute approximate surface area is 101 Å². The van der Waals surface area contributed by atoms with Gasteiger partial charge in [0.15, 0.2) is 5.11 Å². The van der Waals surface area contributed by atoms with E-state index in [2.05, 4.69) is 27.8 Å². The van der Waals surface area contributed by atoms with Gasteiger partial charge in [-0.15, -0.1) is 0 Å². The van der Waals surface area contributed by atoms with Crippen LogP contribution in [0, 0.1) is 0 Å². The zero-order chi connectivity index (χ0) is 11.6. The van der Waals surface area contributed by atoms with Gasteiger partial charge in [0.05, 0.1) is 11.9 Å². The number of aromatic nitrogens is 1. The number of hydrazone groups is 1. The van der Waals surface area contributed by atoms with Gasteiger partial charge in [-0.05, 0) is 30.8 Å². The smallest absolute Gasteiger partial charge is 0.186 e. The van der Waals surface area contributed by atoms with Crippen molar-refractivity contribution in [3.05, 3.63) is 30.1 Å². The van der Waals surface area contributed by atoms with Crippen molar-refractivity contribution >= 4 is 23.5 Å². The lowest BCUT2D eigenvalue weighted by Crippen LogP contribution is -2.32. The maximum absolute atomic E-state index is 5.03. The van der Waals surface area contributed by atoms with Gasteiger partial charge in [-0.25, -0.2) is 0 Å². The van der Waals surface area contributed by atoms with E-state index in [1.54, 1.807) is 12.4 Å². The molecule has 0 aliphatic carbocycles. The predicted octanol–water partition coefficient (Wildman–Crippen LogP) is 1.68. The van der Waals surface area contributed by atoms with Crippen LogP contribution in [-0.2, 0) is 0 Å². The molecule has 1 rings (SSSR count). The lowest BCUT2D eigenvalue weighted by molar-refractivity contribution is 0.745. The molecule has 0 bridgehead atoms. The van der Waals surface area contributed by atoms with E-state index in [9.17, 15) is 0 Å². The maximum atomic E-state index is 5.03. The predicted molar refractivity (Wildman–Crippen MR) is 70.5 cm³/mol. The highest BCUT2D eigenvalue weighted by molar-refractivity contribution is 7.80. The molecule has 0 unspecified atom stereocenters. The maximum Gasteiger partial charge on any atom is 0.186 e. The van der Waals surface area contributed by atoms with Gasteiger partial charge in [0.25, 0.3) is 0 Å². The van der Waals surface area contributed by atoms with Gasteiger partial charge in [-0.1, -0.05) is 19.4 Å². The first-order valence-corrected chi connectivity index (χ1v) is 5.71. The van der Waals surface area contributed by atoms with Gasteiger partial charge in [0.2, 0.25) is 0 Å². The molecule has 0 radical (unpaired) electrons. The summed E-state index contributed by atoms with van der Waals surface area (Å²) >= 11 is 5.03. The van der Waals surface area contributed by atoms with E-state index in [4.69, 9.17) is 12.2 Å². The number of pyridine rings is 1. The molecule has 0 saturated carbocycles. The Morgan fingerprint density at radius 2 is 2.44 bits per heavy atom. The molecular formula is C11H16N4S. The third-order valence-corrected chi connectivity index (χ3v) is 2.10. The number of unbranched alkanes of at least 4 members (excludes halogenated alkanes) is 1. The molecule has 86 valence electrons. The van der Waals surface area contributed by atoms with E-state index < -0.39 is 0 Å². The molecule has 5 heteroatoms. The molecule has 0 fully saturated rings. The van der Waals surface area contributed by atoms with Gasteiger partial charge in [-0.2, -0.15) is 5.10 Å². The standard InChI is InChI=1S/C11H16N4S/c1-2-3-7-13-11(16)15-14-9-10-6-4-5-8-12-10/h4-6,8-9H,2-3,7H2,1H3,(H2,13,15,16)/b14-9+. The number of thiocarbonyl (C=S) groups is 1. The summed E-state index contributed by atoms with van der Waals surface area (Å²) in [6.45, 7) is 3.01. The highest BCUT2D eigenvalue weighted by Gasteiger charge is 1.91. The van der Waals surface area contributed by atoms with Crippen LogP contribution in [0.1, 0.15) is 25.5 Å². The molecule has 0 aliphatic heterocycles. The minimum absolute atomic E-state index is 0.542. The van der Waals surface area contributed by atoms with Crippen LogP contribution in [0.2, 0.25) is 0 Å². The molecule has 1 aromatic heterocycles. The number of rotatable bonds is 5. The largest absolute Gasteiger partial charge is 0.361 e. The summed E-state index contributed by atoms with van der Waals surface area (Å²) in [5, 5.41) is 7.58. The Morgan fingerprint density at radius 3 is 3.12 bits per heavy atom. The van der Waals surface area contributed by atoms with E-state index in [1.165, 1.54) is 0 Å². The molecule has 1 aromatic rings. The summed E-state index contributed by atoms with van der Waals surface area (Å²) in [4.78, 5) is 4.10. The molecule has 0 spiro atoms. The van der Waals surface area contributed by atoms with E-state index in [0.717, 1.165) is 25.1 Å². The highest BCUT2D eigenvalue weighted by Crippen LogP contribution is 1.87. The molecule has 0 aliphatic rings. The fourth-order valence-corrected chi connectivity index (χ4v) is 1.18. The lowest BCUT2D eigenvalue weighted by atomic mass is 10.3. The summed E-state index contributed by atoms with van der Waals surface area (Å²) in [6, 6.07) is 5.65. The zero-order valence-electron chi connectivity index (χ0n) is 9.31. The van der Waals surface area contributed by atoms with Crippen molar-refractivity contribution in [2.75, 3.05) is 6.54 Å². The summed E-state index contributed by atoms with van der Waals surface area (Å²) in [7, 11) is 0. The SMILES string of the molecule is CCCCNC(=S)N/N=C/c1ccccn1. The van der Waals surface area contributed by atoms with Gasteiger partial charge >= 0.3 is 0 Å². The third-order valence-electron chi connectivity index (χ3n) is 1.87. The first-order valence-electron chi connectivity index (χ1n) is 5.31. The van der Waals surface area contributed by atoms with Crippen molar-refractivity contribution in [3.8, 4) is 0 Å². The van der Waals surface area contributed by atoms with E-state index in [0.29, 0.717) is 5.11 Å². The number of hydrogen-bond donors (Lipinski definition) is 2. The van der Waals surface area contributed by atoms with Crippen molar-refractivity contribution in [2.24, 2.45) is 5.10 Å². The van der Waals surface area contributed by atoms with E-state index in [-0.39, 0.29) is 0 Å². The van der Waals surface area contributed by atoms with E-state index in [1.807, 2.05) is 18.2 Å². The normalized spacial score (nSPS) is 10.3. The van der Waals surface area contributed by atoms with Gasteiger partial charge < -0.3 is 5.32 Å². The van der Waals surface area contributed by atoms with Crippen molar-refractivity contribution in [3.63, 3.8) is 0 Å². The van der Waals surface area contributed by atoms with Crippen LogP contribution in [0.15, 0.2) is 29.5 Å². The average molecular weight is 236 g/mol. The summed E-state index contributed by atoms with van der Waals surface area (Å²) in [5.74, 6) is 0. The van der Waals surface area contributed by atoms with Crippen LogP contribution in [-0.4, -0.2) is 22.9 Å². The van der Waals surface area contributed by atoms with Crippen molar-refractivity contribution < 1.29 is 0 Å². The minimum atomic E-state index is 0.542. The molecular weight excluding hydrogens is 220 g/mol. The first kappa shape index (κ1) is 12.6. The first-order chi connectivity index (χ1) is 7.83. The van der Waals surface area contributed by atoms with Crippen molar-refractivity contribution in [2.45, 2.75) is 19.8 Å². The van der Waals surface area contributed by atoms with Crippen LogP contribution < -0.4 is 10.7 Å². The molecule has 1 heterocycles. The number of hydrogen-bond acceptors (Lipinski definition) is 3. The fraction of sp³-hybridized carbons (Fsp3) is 0.364. The third kappa shape index (κ3) is 5.41. The van der Waals surface area contributed by atoms with Crippen molar-refractivity contribution in [1.82, 2.24) is 15.7 Å². The molecule has 2 N–H and O–H groups in total. The Kier molecular flexibility index (Phi) is 6.10. The Morgan fingerprint density at radius 1 is 1.56 bits per heavy atom. The number of nitrogens with one attached hydrogen (secondary N) is 2. The lowest BCUT2D eigenvalue weighted by Gasteiger charge is -2.04. The molecule has 0 aromatic carbocycles. The monoisotopic (exact) mass is 236 g/mol. The van der Waals surface area contributed by atoms with Crippen LogP contribution in [0.25, 0.3) is 0 Å². The molecule has 0 amide bonds. The van der Waals surface area contributed by atoms with Gasteiger partial charge in [-0.3, -0.25) is 10.4 Å². The van der Waals surface area contributed by atoms with E-state index >= 15 is 0 Å². The van der Waals surface area contributed by atoms with Crippen molar-refractivity contribution in [1.29, 1.82) is 0 Å². The second kappa shape index (κ2) is 7.76. The molecule has 4 nitrogen and oxygen atoms in total. The Hall–Kier alpha value is -1.49. The van der Waals surface area contributed by atoms with Gasteiger partial charge in [0, 0.05) is 12.7 Å².